The van der Waals surface area contributed by atoms with Crippen LogP contribution in [0.3, 0.4) is 0 Å². The van der Waals surface area contributed by atoms with Gasteiger partial charge < -0.3 is 10.8 Å². The van der Waals surface area contributed by atoms with E-state index in [1.165, 1.54) is 0 Å². The SMILES string of the molecule is CC(CC(C)(N)CO)Sc1cnn(C)c1. The Balaban J connectivity index is 2.46. The minimum atomic E-state index is -0.491. The summed E-state index contributed by atoms with van der Waals surface area (Å²) < 4.78 is 1.78. The van der Waals surface area contributed by atoms with E-state index in [1.54, 1.807) is 16.4 Å². The van der Waals surface area contributed by atoms with Crippen LogP contribution in [0.25, 0.3) is 0 Å². The fourth-order valence-corrected chi connectivity index (χ4v) is 2.70. The first-order valence-corrected chi connectivity index (χ1v) is 5.86. The smallest absolute Gasteiger partial charge is 0.0625 e. The number of hydrogen-bond donors (Lipinski definition) is 2. The van der Waals surface area contributed by atoms with Crippen LogP contribution in [0.15, 0.2) is 17.3 Å². The molecule has 1 rings (SSSR count). The molecule has 15 heavy (non-hydrogen) atoms. The molecule has 86 valence electrons. The fourth-order valence-electron chi connectivity index (χ4n) is 1.45. The first-order chi connectivity index (χ1) is 6.93. The van der Waals surface area contributed by atoms with Crippen LogP contribution in [0.4, 0.5) is 0 Å². The van der Waals surface area contributed by atoms with E-state index in [4.69, 9.17) is 10.8 Å². The fraction of sp³-hybridized carbons (Fsp3) is 0.700. The number of rotatable bonds is 5. The Bertz CT molecular complexity index is 311. The van der Waals surface area contributed by atoms with Crippen LogP contribution in [0.2, 0.25) is 0 Å². The van der Waals surface area contributed by atoms with Gasteiger partial charge in [-0.25, -0.2) is 0 Å². The molecule has 1 aromatic heterocycles. The molecule has 0 radical (unpaired) electrons. The molecule has 0 bridgehead atoms. The molecule has 0 aliphatic rings. The molecule has 0 saturated carbocycles. The van der Waals surface area contributed by atoms with Crippen molar-refractivity contribution in [2.24, 2.45) is 12.8 Å². The number of aryl methyl sites for hydroxylation is 1. The van der Waals surface area contributed by atoms with Gasteiger partial charge in [0.05, 0.1) is 12.8 Å². The lowest BCUT2D eigenvalue weighted by Gasteiger charge is -2.24. The molecule has 5 heteroatoms. The first-order valence-electron chi connectivity index (χ1n) is 4.98. The maximum atomic E-state index is 9.06. The Labute approximate surface area is 94.9 Å². The molecule has 0 aromatic carbocycles. The summed E-state index contributed by atoms with van der Waals surface area (Å²) in [4.78, 5) is 1.14. The van der Waals surface area contributed by atoms with E-state index in [0.29, 0.717) is 5.25 Å². The molecule has 2 unspecified atom stereocenters. The second kappa shape index (κ2) is 5.01. The van der Waals surface area contributed by atoms with Gasteiger partial charge in [-0.1, -0.05) is 6.92 Å². The van der Waals surface area contributed by atoms with Gasteiger partial charge in [0.1, 0.15) is 0 Å². The van der Waals surface area contributed by atoms with Crippen molar-refractivity contribution in [1.29, 1.82) is 0 Å². The molecule has 0 fully saturated rings. The van der Waals surface area contributed by atoms with Gasteiger partial charge in [0.15, 0.2) is 0 Å². The van der Waals surface area contributed by atoms with E-state index in [1.807, 2.05) is 26.4 Å². The Hall–Kier alpha value is -0.520. The monoisotopic (exact) mass is 229 g/mol. The maximum Gasteiger partial charge on any atom is 0.0625 e. The van der Waals surface area contributed by atoms with Crippen molar-refractivity contribution in [2.75, 3.05) is 6.61 Å². The van der Waals surface area contributed by atoms with Crippen molar-refractivity contribution in [1.82, 2.24) is 9.78 Å². The average molecular weight is 229 g/mol. The summed E-state index contributed by atoms with van der Waals surface area (Å²) >= 11 is 1.73. The van der Waals surface area contributed by atoms with Crippen LogP contribution >= 0.6 is 11.8 Å². The number of nitrogens with zero attached hydrogens (tertiary/aromatic N) is 2. The zero-order valence-electron chi connectivity index (χ0n) is 9.47. The molecule has 1 aromatic rings. The first kappa shape index (κ1) is 12.5. The lowest BCUT2D eigenvalue weighted by molar-refractivity contribution is 0.201. The summed E-state index contributed by atoms with van der Waals surface area (Å²) in [5.41, 5.74) is 5.40. The second-order valence-electron chi connectivity index (χ2n) is 4.29. The van der Waals surface area contributed by atoms with Crippen molar-refractivity contribution in [3.8, 4) is 0 Å². The lowest BCUT2D eigenvalue weighted by atomic mass is 9.99. The van der Waals surface area contributed by atoms with Crippen LogP contribution in [-0.4, -0.2) is 32.3 Å². The molecular formula is C10H19N3OS. The molecule has 0 saturated heterocycles. The predicted molar refractivity (Wildman–Crippen MR) is 62.8 cm³/mol. The van der Waals surface area contributed by atoms with Gasteiger partial charge in [0.25, 0.3) is 0 Å². The van der Waals surface area contributed by atoms with E-state index >= 15 is 0 Å². The van der Waals surface area contributed by atoms with Gasteiger partial charge >= 0.3 is 0 Å². The van der Waals surface area contributed by atoms with E-state index in [9.17, 15) is 0 Å². The normalized spacial score (nSPS) is 17.4. The Morgan fingerprint density at radius 1 is 1.73 bits per heavy atom. The summed E-state index contributed by atoms with van der Waals surface area (Å²) in [6.07, 6.45) is 4.60. The lowest BCUT2D eigenvalue weighted by Crippen LogP contribution is -2.42. The standard InChI is InChI=1S/C10H19N3OS/c1-8(4-10(2,11)7-14)15-9-5-12-13(3)6-9/h5-6,8,14H,4,7,11H2,1-3H3. The molecule has 4 nitrogen and oxygen atoms in total. The van der Waals surface area contributed by atoms with E-state index < -0.39 is 5.54 Å². The van der Waals surface area contributed by atoms with Crippen molar-refractivity contribution in [2.45, 2.75) is 36.0 Å². The van der Waals surface area contributed by atoms with Gasteiger partial charge in [0.2, 0.25) is 0 Å². The summed E-state index contributed by atoms with van der Waals surface area (Å²) in [6.45, 7) is 4.00. The van der Waals surface area contributed by atoms with Crippen molar-refractivity contribution < 1.29 is 5.11 Å². The number of thioether (sulfide) groups is 1. The highest BCUT2D eigenvalue weighted by Gasteiger charge is 2.21. The zero-order valence-corrected chi connectivity index (χ0v) is 10.3. The number of aliphatic hydroxyl groups is 1. The summed E-state index contributed by atoms with van der Waals surface area (Å²) in [5.74, 6) is 0. The second-order valence-corrected chi connectivity index (χ2v) is 5.81. The third-order valence-electron chi connectivity index (χ3n) is 2.13. The summed E-state index contributed by atoms with van der Waals surface area (Å²) in [5, 5.41) is 13.5. The Morgan fingerprint density at radius 3 is 2.87 bits per heavy atom. The molecule has 3 N–H and O–H groups in total. The van der Waals surface area contributed by atoms with Crippen LogP contribution < -0.4 is 5.73 Å². The highest BCUT2D eigenvalue weighted by atomic mass is 32.2. The van der Waals surface area contributed by atoms with Crippen molar-refractivity contribution >= 4 is 11.8 Å². The molecule has 1 heterocycles. The van der Waals surface area contributed by atoms with Crippen LogP contribution in [0.1, 0.15) is 20.3 Å². The zero-order chi connectivity index (χ0) is 11.5. The van der Waals surface area contributed by atoms with Gasteiger partial charge in [-0.3, -0.25) is 4.68 Å². The third kappa shape index (κ3) is 4.24. The minimum Gasteiger partial charge on any atom is -0.394 e. The quantitative estimate of drug-likeness (QED) is 0.739. The molecule has 0 aliphatic heterocycles. The van der Waals surface area contributed by atoms with E-state index in [0.717, 1.165) is 11.3 Å². The number of hydrogen-bond acceptors (Lipinski definition) is 4. The average Bonchev–Trinajstić information content (AvgIpc) is 2.50. The van der Waals surface area contributed by atoms with Crippen molar-refractivity contribution in [3.63, 3.8) is 0 Å². The molecule has 0 spiro atoms. The highest BCUT2D eigenvalue weighted by Crippen LogP contribution is 2.27. The molecule has 0 aliphatic carbocycles. The minimum absolute atomic E-state index is 0.0188. The van der Waals surface area contributed by atoms with Gasteiger partial charge in [-0.2, -0.15) is 5.10 Å². The number of aliphatic hydroxyl groups excluding tert-OH is 1. The largest absolute Gasteiger partial charge is 0.394 e. The van der Waals surface area contributed by atoms with Crippen molar-refractivity contribution in [3.05, 3.63) is 12.4 Å². The van der Waals surface area contributed by atoms with E-state index in [2.05, 4.69) is 12.0 Å². The molecular weight excluding hydrogens is 210 g/mol. The van der Waals surface area contributed by atoms with Crippen LogP contribution in [0, 0.1) is 0 Å². The van der Waals surface area contributed by atoms with E-state index in [-0.39, 0.29) is 6.61 Å². The number of nitrogens with two attached hydrogens (primary N) is 1. The molecule has 0 amide bonds. The molecule has 2 atom stereocenters. The maximum absolute atomic E-state index is 9.06. The highest BCUT2D eigenvalue weighted by molar-refractivity contribution is 7.99. The predicted octanol–water partition coefficient (Wildman–Crippen LogP) is 1.00. The Morgan fingerprint density at radius 2 is 2.40 bits per heavy atom. The van der Waals surface area contributed by atoms with Crippen LogP contribution in [0.5, 0.6) is 0 Å². The van der Waals surface area contributed by atoms with Gasteiger partial charge in [0, 0.05) is 28.9 Å². The third-order valence-corrected chi connectivity index (χ3v) is 3.19. The van der Waals surface area contributed by atoms with Crippen LogP contribution in [-0.2, 0) is 7.05 Å². The van der Waals surface area contributed by atoms with Gasteiger partial charge in [-0.05, 0) is 13.3 Å². The summed E-state index contributed by atoms with van der Waals surface area (Å²) in [7, 11) is 1.90. The Kier molecular flexibility index (Phi) is 4.19. The topological polar surface area (TPSA) is 64.1 Å². The number of aromatic nitrogens is 2. The van der Waals surface area contributed by atoms with Gasteiger partial charge in [-0.15, -0.1) is 11.8 Å². The summed E-state index contributed by atoms with van der Waals surface area (Å²) in [6, 6.07) is 0.